The van der Waals surface area contributed by atoms with Crippen LogP contribution in [-0.2, 0) is 6.42 Å². The van der Waals surface area contributed by atoms with Crippen LogP contribution in [0.1, 0.15) is 55.4 Å². The molecule has 0 saturated heterocycles. The standard InChI is InChI=1S/C16H21N3O/c17-15(13-9-5-2-6-10-13)16-18-14(19-20-16)11-12-7-3-1-4-8-12/h1,3-4,7-8,13,15H,2,5-6,9-11,17H2. The van der Waals surface area contributed by atoms with Crippen LogP contribution in [0, 0.1) is 5.92 Å². The van der Waals surface area contributed by atoms with Crippen molar-refractivity contribution in [1.29, 1.82) is 0 Å². The molecule has 4 nitrogen and oxygen atoms in total. The molecule has 1 fully saturated rings. The zero-order valence-electron chi connectivity index (χ0n) is 11.7. The van der Waals surface area contributed by atoms with Gasteiger partial charge in [0.2, 0.25) is 5.89 Å². The van der Waals surface area contributed by atoms with Crippen LogP contribution in [0.5, 0.6) is 0 Å². The van der Waals surface area contributed by atoms with E-state index in [2.05, 4.69) is 22.3 Å². The highest BCUT2D eigenvalue weighted by Gasteiger charge is 2.26. The number of nitrogens with two attached hydrogens (primary N) is 1. The van der Waals surface area contributed by atoms with Gasteiger partial charge in [-0.1, -0.05) is 54.8 Å². The van der Waals surface area contributed by atoms with Gasteiger partial charge in [-0.3, -0.25) is 0 Å². The second kappa shape index (κ2) is 6.18. The Labute approximate surface area is 119 Å². The summed E-state index contributed by atoms with van der Waals surface area (Å²) < 4.78 is 5.37. The molecule has 1 aromatic carbocycles. The molecule has 106 valence electrons. The SMILES string of the molecule is NC(c1nc(Cc2ccccc2)no1)C1CCCCC1. The van der Waals surface area contributed by atoms with Gasteiger partial charge in [-0.15, -0.1) is 0 Å². The van der Waals surface area contributed by atoms with Gasteiger partial charge in [-0.2, -0.15) is 4.98 Å². The van der Waals surface area contributed by atoms with Crippen LogP contribution in [0.15, 0.2) is 34.9 Å². The van der Waals surface area contributed by atoms with Gasteiger partial charge in [0.1, 0.15) is 0 Å². The summed E-state index contributed by atoms with van der Waals surface area (Å²) in [5.41, 5.74) is 7.47. The predicted molar refractivity (Wildman–Crippen MR) is 77.0 cm³/mol. The molecule has 2 N–H and O–H groups in total. The molecule has 1 aliphatic carbocycles. The Morgan fingerprint density at radius 3 is 2.65 bits per heavy atom. The first-order valence-corrected chi connectivity index (χ1v) is 7.45. The van der Waals surface area contributed by atoms with Crippen molar-refractivity contribution in [3.63, 3.8) is 0 Å². The van der Waals surface area contributed by atoms with Crippen molar-refractivity contribution in [1.82, 2.24) is 10.1 Å². The van der Waals surface area contributed by atoms with Gasteiger partial charge in [0.15, 0.2) is 5.82 Å². The number of aromatic nitrogens is 2. The molecule has 0 aliphatic heterocycles. The topological polar surface area (TPSA) is 64.9 Å². The van der Waals surface area contributed by atoms with Gasteiger partial charge in [0.05, 0.1) is 6.04 Å². The van der Waals surface area contributed by atoms with E-state index in [4.69, 9.17) is 10.3 Å². The van der Waals surface area contributed by atoms with Gasteiger partial charge < -0.3 is 10.3 Å². The maximum Gasteiger partial charge on any atom is 0.243 e. The summed E-state index contributed by atoms with van der Waals surface area (Å²) >= 11 is 0. The molecule has 20 heavy (non-hydrogen) atoms. The third-order valence-electron chi connectivity index (χ3n) is 4.13. The second-order valence-electron chi connectivity index (χ2n) is 5.64. The largest absolute Gasteiger partial charge is 0.338 e. The fourth-order valence-corrected chi connectivity index (χ4v) is 2.95. The van der Waals surface area contributed by atoms with Crippen molar-refractivity contribution in [2.24, 2.45) is 11.7 Å². The van der Waals surface area contributed by atoms with E-state index in [0.29, 0.717) is 18.2 Å². The minimum absolute atomic E-state index is 0.104. The van der Waals surface area contributed by atoms with E-state index in [1.54, 1.807) is 0 Å². The molecule has 0 radical (unpaired) electrons. The Morgan fingerprint density at radius 2 is 1.90 bits per heavy atom. The molecule has 1 aromatic heterocycles. The number of hydrogen-bond donors (Lipinski definition) is 1. The predicted octanol–water partition coefficient (Wildman–Crippen LogP) is 3.24. The molecular formula is C16H21N3O. The highest BCUT2D eigenvalue weighted by Crippen LogP contribution is 2.32. The third kappa shape index (κ3) is 3.07. The van der Waals surface area contributed by atoms with Crippen molar-refractivity contribution in [3.8, 4) is 0 Å². The van der Waals surface area contributed by atoms with Crippen LogP contribution in [0.3, 0.4) is 0 Å². The van der Waals surface area contributed by atoms with Crippen molar-refractivity contribution in [2.75, 3.05) is 0 Å². The zero-order valence-corrected chi connectivity index (χ0v) is 11.7. The van der Waals surface area contributed by atoms with E-state index in [1.807, 2.05) is 18.2 Å². The van der Waals surface area contributed by atoms with E-state index >= 15 is 0 Å². The highest BCUT2D eigenvalue weighted by molar-refractivity contribution is 5.18. The normalized spacial score (nSPS) is 18.1. The van der Waals surface area contributed by atoms with Crippen molar-refractivity contribution < 1.29 is 4.52 Å². The van der Waals surface area contributed by atoms with Crippen molar-refractivity contribution >= 4 is 0 Å². The number of hydrogen-bond acceptors (Lipinski definition) is 4. The Hall–Kier alpha value is -1.68. The molecule has 4 heteroatoms. The highest BCUT2D eigenvalue weighted by atomic mass is 16.5. The molecule has 3 rings (SSSR count). The average Bonchev–Trinajstić information content (AvgIpc) is 2.97. The maximum absolute atomic E-state index is 6.28. The van der Waals surface area contributed by atoms with Crippen molar-refractivity contribution in [3.05, 3.63) is 47.6 Å². The molecule has 0 amide bonds. The van der Waals surface area contributed by atoms with Gasteiger partial charge in [-0.05, 0) is 24.3 Å². The lowest BCUT2D eigenvalue weighted by molar-refractivity contribution is 0.255. The number of rotatable bonds is 4. The Bertz CT molecular complexity index is 532. The van der Waals surface area contributed by atoms with Crippen LogP contribution < -0.4 is 5.73 Å². The van der Waals surface area contributed by atoms with Crippen LogP contribution in [-0.4, -0.2) is 10.1 Å². The van der Waals surface area contributed by atoms with Crippen LogP contribution >= 0.6 is 0 Å². The van der Waals surface area contributed by atoms with E-state index in [0.717, 1.165) is 5.82 Å². The molecule has 2 aromatic rings. The summed E-state index contributed by atoms with van der Waals surface area (Å²) in [4.78, 5) is 4.48. The number of nitrogens with zero attached hydrogens (tertiary/aromatic N) is 2. The first-order chi connectivity index (χ1) is 9.83. The summed E-state index contributed by atoms with van der Waals surface area (Å²) in [6, 6.07) is 10.1. The summed E-state index contributed by atoms with van der Waals surface area (Å²) in [7, 11) is 0. The van der Waals surface area contributed by atoms with Gasteiger partial charge in [0, 0.05) is 6.42 Å². The first kappa shape index (κ1) is 13.3. The van der Waals surface area contributed by atoms with E-state index in [9.17, 15) is 0 Å². The zero-order chi connectivity index (χ0) is 13.8. The Kier molecular flexibility index (Phi) is 4.11. The lowest BCUT2D eigenvalue weighted by atomic mass is 9.84. The van der Waals surface area contributed by atoms with Crippen LogP contribution in [0.25, 0.3) is 0 Å². The van der Waals surface area contributed by atoms with Crippen molar-refractivity contribution in [2.45, 2.75) is 44.6 Å². The van der Waals surface area contributed by atoms with E-state index < -0.39 is 0 Å². The molecule has 0 bridgehead atoms. The average molecular weight is 271 g/mol. The molecule has 0 spiro atoms. The Balaban J connectivity index is 1.66. The van der Waals surface area contributed by atoms with Crippen LogP contribution in [0.2, 0.25) is 0 Å². The van der Waals surface area contributed by atoms with Gasteiger partial charge >= 0.3 is 0 Å². The van der Waals surface area contributed by atoms with Crippen LogP contribution in [0.4, 0.5) is 0 Å². The first-order valence-electron chi connectivity index (χ1n) is 7.45. The third-order valence-corrected chi connectivity index (χ3v) is 4.13. The summed E-state index contributed by atoms with van der Waals surface area (Å²) in [6.07, 6.45) is 6.91. The monoisotopic (exact) mass is 271 g/mol. The van der Waals surface area contributed by atoms with E-state index in [1.165, 1.54) is 37.7 Å². The lowest BCUT2D eigenvalue weighted by Gasteiger charge is -2.24. The smallest absolute Gasteiger partial charge is 0.243 e. The lowest BCUT2D eigenvalue weighted by Crippen LogP contribution is -2.23. The second-order valence-corrected chi connectivity index (χ2v) is 5.64. The molecule has 1 saturated carbocycles. The summed E-state index contributed by atoms with van der Waals surface area (Å²) in [6.45, 7) is 0. The molecular weight excluding hydrogens is 250 g/mol. The van der Waals surface area contributed by atoms with E-state index in [-0.39, 0.29) is 6.04 Å². The molecule has 1 unspecified atom stereocenters. The molecule has 1 heterocycles. The Morgan fingerprint density at radius 1 is 1.15 bits per heavy atom. The number of benzene rings is 1. The fraction of sp³-hybridized carbons (Fsp3) is 0.500. The summed E-state index contributed by atoms with van der Waals surface area (Å²) in [5.74, 6) is 1.81. The summed E-state index contributed by atoms with van der Waals surface area (Å²) in [5, 5.41) is 4.06. The minimum atomic E-state index is -0.104. The molecule has 1 aliphatic rings. The quantitative estimate of drug-likeness (QED) is 0.927. The fourth-order valence-electron chi connectivity index (χ4n) is 2.95. The maximum atomic E-state index is 6.28. The molecule has 1 atom stereocenters. The minimum Gasteiger partial charge on any atom is -0.338 e. The van der Waals surface area contributed by atoms with Gasteiger partial charge in [0.25, 0.3) is 0 Å². The van der Waals surface area contributed by atoms with Gasteiger partial charge in [-0.25, -0.2) is 0 Å².